The Hall–Kier alpha value is -2.40. The van der Waals surface area contributed by atoms with E-state index in [1.807, 2.05) is 30.3 Å². The van der Waals surface area contributed by atoms with Crippen LogP contribution in [0, 0.1) is 0 Å². The lowest BCUT2D eigenvalue weighted by Gasteiger charge is -2.27. The molecule has 1 aromatic carbocycles. The Morgan fingerprint density at radius 1 is 1.14 bits per heavy atom. The van der Waals surface area contributed by atoms with Crippen LogP contribution in [0.1, 0.15) is 10.4 Å². The fraction of sp³-hybridized carbons (Fsp3) is 0.250. The third-order valence-corrected chi connectivity index (χ3v) is 3.54. The normalized spacial score (nSPS) is 15.0. The van der Waals surface area contributed by atoms with Crippen LogP contribution in [0.2, 0.25) is 0 Å². The van der Waals surface area contributed by atoms with Crippen LogP contribution in [-0.2, 0) is 4.74 Å². The molecule has 3 rings (SSSR count). The molecule has 0 bridgehead atoms. The smallest absolute Gasteiger partial charge is 0.256 e. The van der Waals surface area contributed by atoms with Crippen LogP contribution in [-0.4, -0.2) is 42.1 Å². The first-order valence-corrected chi connectivity index (χ1v) is 6.91. The predicted octanol–water partition coefficient (Wildman–Crippen LogP) is 1.51. The number of hydrogen-bond donors (Lipinski definition) is 1. The third kappa shape index (κ3) is 2.87. The number of H-pyrrole nitrogens is 1. The third-order valence-electron chi connectivity index (χ3n) is 3.54. The van der Waals surface area contributed by atoms with Gasteiger partial charge >= 0.3 is 0 Å². The number of aromatic amines is 1. The first kappa shape index (κ1) is 13.6. The maximum Gasteiger partial charge on any atom is 0.256 e. The molecule has 1 saturated heterocycles. The summed E-state index contributed by atoms with van der Waals surface area (Å²) in [6, 6.07) is 10.9. The SMILES string of the molecule is O=C(c1c[nH]c(=O)cc1-c1ccccc1)N1CCOCC1. The van der Waals surface area contributed by atoms with Gasteiger partial charge in [-0.3, -0.25) is 9.59 Å². The molecule has 1 fully saturated rings. The number of hydrogen-bond acceptors (Lipinski definition) is 3. The number of amides is 1. The molecule has 5 nitrogen and oxygen atoms in total. The van der Waals surface area contributed by atoms with Gasteiger partial charge in [-0.1, -0.05) is 30.3 Å². The van der Waals surface area contributed by atoms with Gasteiger partial charge < -0.3 is 14.6 Å². The molecule has 1 aromatic heterocycles. The number of pyridine rings is 1. The van der Waals surface area contributed by atoms with E-state index < -0.39 is 0 Å². The molecule has 21 heavy (non-hydrogen) atoms. The number of carbonyl (C=O) groups is 1. The van der Waals surface area contributed by atoms with Gasteiger partial charge in [-0.2, -0.15) is 0 Å². The van der Waals surface area contributed by atoms with Crippen molar-refractivity contribution in [2.75, 3.05) is 26.3 Å². The molecule has 2 heterocycles. The second-order valence-corrected chi connectivity index (χ2v) is 4.90. The molecule has 1 aliphatic heterocycles. The van der Waals surface area contributed by atoms with Crippen molar-refractivity contribution < 1.29 is 9.53 Å². The minimum atomic E-state index is -0.215. The summed E-state index contributed by atoms with van der Waals surface area (Å²) >= 11 is 0. The van der Waals surface area contributed by atoms with Gasteiger partial charge in [-0.15, -0.1) is 0 Å². The molecule has 1 amide bonds. The molecule has 0 saturated carbocycles. The van der Waals surface area contributed by atoms with Gasteiger partial charge in [0.05, 0.1) is 18.8 Å². The summed E-state index contributed by atoms with van der Waals surface area (Å²) in [6.07, 6.45) is 1.50. The first-order chi connectivity index (χ1) is 10.3. The van der Waals surface area contributed by atoms with Crippen LogP contribution in [0.5, 0.6) is 0 Å². The standard InChI is InChI=1S/C16H16N2O3/c19-15-10-13(12-4-2-1-3-5-12)14(11-17-15)16(20)18-6-8-21-9-7-18/h1-5,10-11H,6-9H2,(H,17,19). The minimum absolute atomic E-state index is 0.0756. The maximum atomic E-state index is 12.7. The van der Waals surface area contributed by atoms with Gasteiger partial charge in [-0.05, 0) is 5.56 Å². The summed E-state index contributed by atoms with van der Waals surface area (Å²) in [6.45, 7) is 2.25. The van der Waals surface area contributed by atoms with Crippen molar-refractivity contribution in [1.82, 2.24) is 9.88 Å². The van der Waals surface area contributed by atoms with Gasteiger partial charge in [0.25, 0.3) is 5.91 Å². The van der Waals surface area contributed by atoms with Gasteiger partial charge in [0, 0.05) is 30.9 Å². The van der Waals surface area contributed by atoms with Gasteiger partial charge in [0.1, 0.15) is 0 Å². The van der Waals surface area contributed by atoms with E-state index in [1.165, 1.54) is 12.3 Å². The van der Waals surface area contributed by atoms with Crippen molar-refractivity contribution in [3.8, 4) is 11.1 Å². The van der Waals surface area contributed by atoms with Gasteiger partial charge in [-0.25, -0.2) is 0 Å². The van der Waals surface area contributed by atoms with E-state index in [0.717, 1.165) is 5.56 Å². The summed E-state index contributed by atoms with van der Waals surface area (Å²) in [5, 5.41) is 0. The van der Waals surface area contributed by atoms with Crippen LogP contribution in [0.3, 0.4) is 0 Å². The van der Waals surface area contributed by atoms with Gasteiger partial charge in [0.2, 0.25) is 5.56 Å². The van der Waals surface area contributed by atoms with E-state index in [2.05, 4.69) is 4.98 Å². The molecule has 1 aliphatic rings. The number of nitrogens with zero attached hydrogens (tertiary/aromatic N) is 1. The van der Waals surface area contributed by atoms with Crippen LogP contribution < -0.4 is 5.56 Å². The Morgan fingerprint density at radius 2 is 1.86 bits per heavy atom. The van der Waals surface area contributed by atoms with Crippen molar-refractivity contribution in [3.05, 3.63) is 58.5 Å². The molecule has 0 aliphatic carbocycles. The number of rotatable bonds is 2. The Kier molecular flexibility index (Phi) is 3.83. The first-order valence-electron chi connectivity index (χ1n) is 6.91. The highest BCUT2D eigenvalue weighted by molar-refractivity contribution is 6.00. The van der Waals surface area contributed by atoms with E-state index in [-0.39, 0.29) is 11.5 Å². The molecule has 0 radical (unpaired) electrons. The average molecular weight is 284 g/mol. The molecule has 2 aromatic rings. The van der Waals surface area contributed by atoms with Crippen LogP contribution in [0.4, 0.5) is 0 Å². The fourth-order valence-electron chi connectivity index (χ4n) is 2.44. The number of morpholine rings is 1. The minimum Gasteiger partial charge on any atom is -0.378 e. The average Bonchev–Trinajstić information content (AvgIpc) is 2.56. The summed E-state index contributed by atoms with van der Waals surface area (Å²) in [7, 11) is 0. The highest BCUT2D eigenvalue weighted by Gasteiger charge is 2.21. The van der Waals surface area contributed by atoms with Crippen molar-refractivity contribution in [3.63, 3.8) is 0 Å². The van der Waals surface area contributed by atoms with E-state index in [0.29, 0.717) is 37.4 Å². The van der Waals surface area contributed by atoms with Gasteiger partial charge in [0.15, 0.2) is 0 Å². The molecule has 0 unspecified atom stereocenters. The Bertz CT molecular complexity index is 688. The second-order valence-electron chi connectivity index (χ2n) is 4.90. The van der Waals surface area contributed by atoms with Crippen LogP contribution in [0.15, 0.2) is 47.4 Å². The highest BCUT2D eigenvalue weighted by Crippen LogP contribution is 2.23. The predicted molar refractivity (Wildman–Crippen MR) is 79.2 cm³/mol. The van der Waals surface area contributed by atoms with Crippen LogP contribution >= 0.6 is 0 Å². The largest absolute Gasteiger partial charge is 0.378 e. The maximum absolute atomic E-state index is 12.7. The molecule has 5 heteroatoms. The summed E-state index contributed by atoms with van der Waals surface area (Å²) in [5.74, 6) is -0.0756. The van der Waals surface area contributed by atoms with E-state index in [4.69, 9.17) is 4.74 Å². The molecule has 0 atom stereocenters. The van der Waals surface area contributed by atoms with Crippen molar-refractivity contribution in [1.29, 1.82) is 0 Å². The molecular weight excluding hydrogens is 268 g/mol. The zero-order valence-electron chi connectivity index (χ0n) is 11.5. The Balaban J connectivity index is 2.02. The number of nitrogens with one attached hydrogen (secondary N) is 1. The zero-order chi connectivity index (χ0) is 14.7. The molecular formula is C16H16N2O3. The van der Waals surface area contributed by atoms with E-state index >= 15 is 0 Å². The lowest BCUT2D eigenvalue weighted by atomic mass is 10.0. The quantitative estimate of drug-likeness (QED) is 0.909. The molecule has 1 N–H and O–H groups in total. The second kappa shape index (κ2) is 5.93. The van der Waals surface area contributed by atoms with E-state index in [9.17, 15) is 9.59 Å². The van der Waals surface area contributed by atoms with Crippen molar-refractivity contribution >= 4 is 5.91 Å². The summed E-state index contributed by atoms with van der Waals surface area (Å²) in [5.41, 5.74) is 1.83. The highest BCUT2D eigenvalue weighted by atomic mass is 16.5. The number of carbonyl (C=O) groups excluding carboxylic acids is 1. The summed E-state index contributed by atoms with van der Waals surface area (Å²) in [4.78, 5) is 28.6. The van der Waals surface area contributed by atoms with Crippen LogP contribution in [0.25, 0.3) is 11.1 Å². The lowest BCUT2D eigenvalue weighted by molar-refractivity contribution is 0.0303. The zero-order valence-corrected chi connectivity index (χ0v) is 11.5. The topological polar surface area (TPSA) is 62.4 Å². The summed E-state index contributed by atoms with van der Waals surface area (Å²) < 4.78 is 5.27. The van der Waals surface area contributed by atoms with E-state index in [1.54, 1.807) is 4.90 Å². The number of benzene rings is 1. The Morgan fingerprint density at radius 3 is 2.57 bits per heavy atom. The van der Waals surface area contributed by atoms with Crippen molar-refractivity contribution in [2.45, 2.75) is 0 Å². The number of aromatic nitrogens is 1. The fourth-order valence-corrected chi connectivity index (χ4v) is 2.44. The number of ether oxygens (including phenoxy) is 1. The molecule has 108 valence electrons. The monoisotopic (exact) mass is 284 g/mol. The molecule has 0 spiro atoms. The Labute approximate surface area is 122 Å². The van der Waals surface area contributed by atoms with Crippen molar-refractivity contribution in [2.24, 2.45) is 0 Å². The lowest BCUT2D eigenvalue weighted by Crippen LogP contribution is -2.41.